The van der Waals surface area contributed by atoms with Crippen molar-refractivity contribution < 1.29 is 0 Å². The van der Waals surface area contributed by atoms with Gasteiger partial charge in [0.25, 0.3) is 0 Å². The number of benzene rings is 1. The second-order valence-electron chi connectivity index (χ2n) is 4.33. The third kappa shape index (κ3) is 3.48. The van der Waals surface area contributed by atoms with Crippen LogP contribution in [0.2, 0.25) is 0 Å². The highest BCUT2D eigenvalue weighted by molar-refractivity contribution is 9.10. The Labute approximate surface area is 126 Å². The topological polar surface area (TPSA) is 89.8 Å². The number of rotatable bonds is 4. The van der Waals surface area contributed by atoms with Crippen molar-refractivity contribution in [2.45, 2.75) is 13.5 Å². The van der Waals surface area contributed by atoms with E-state index in [1.165, 1.54) is 6.20 Å². The van der Waals surface area contributed by atoms with Crippen LogP contribution in [-0.4, -0.2) is 10.2 Å². The lowest BCUT2D eigenvalue weighted by Crippen LogP contribution is -2.15. The molecule has 20 heavy (non-hydrogen) atoms. The molecule has 6 heteroatoms. The Kier molecular flexibility index (Phi) is 4.57. The van der Waals surface area contributed by atoms with Crippen LogP contribution in [-0.2, 0) is 6.54 Å². The van der Waals surface area contributed by atoms with Crippen molar-refractivity contribution in [1.29, 1.82) is 0 Å². The minimum absolute atomic E-state index is 0.530. The van der Waals surface area contributed by atoms with Gasteiger partial charge in [0.2, 0.25) is 0 Å². The predicted molar refractivity (Wildman–Crippen MR) is 84.3 cm³/mol. The normalized spacial score (nSPS) is 11.4. The molecule has 0 aliphatic rings. The monoisotopic (exact) mass is 333 g/mol. The molecule has 0 fully saturated rings. The van der Waals surface area contributed by atoms with E-state index in [9.17, 15) is 0 Å². The van der Waals surface area contributed by atoms with Crippen molar-refractivity contribution >= 4 is 27.3 Å². The zero-order chi connectivity index (χ0) is 14.5. The molecule has 0 atom stereocenters. The molecule has 104 valence electrons. The van der Waals surface area contributed by atoms with Crippen LogP contribution in [0.4, 0.5) is 5.69 Å². The molecule has 2 aromatic rings. The van der Waals surface area contributed by atoms with Gasteiger partial charge in [-0.2, -0.15) is 10.2 Å². The Bertz CT molecular complexity index is 622. The van der Waals surface area contributed by atoms with Crippen LogP contribution < -0.4 is 16.8 Å². The smallest absolute Gasteiger partial charge is 0.0822 e. The van der Waals surface area contributed by atoms with Crippen molar-refractivity contribution in [3.05, 3.63) is 58.0 Å². The molecule has 0 unspecified atom stereocenters. The third-order valence-electron chi connectivity index (χ3n) is 2.79. The van der Waals surface area contributed by atoms with Gasteiger partial charge >= 0.3 is 0 Å². The molecule has 0 amide bonds. The summed E-state index contributed by atoms with van der Waals surface area (Å²) in [7, 11) is 0. The number of nitrogens with two attached hydrogens (primary N) is 2. The first kappa shape index (κ1) is 14.3. The number of aryl methyl sites for hydroxylation is 1. The first-order chi connectivity index (χ1) is 9.60. The molecule has 0 bridgehead atoms. The van der Waals surface area contributed by atoms with Crippen LogP contribution in [0.15, 0.2) is 41.0 Å². The average molecular weight is 334 g/mol. The molecule has 5 nitrogen and oxygen atoms in total. The maximum absolute atomic E-state index is 5.97. The van der Waals surface area contributed by atoms with E-state index < -0.39 is 0 Å². The van der Waals surface area contributed by atoms with Crippen LogP contribution in [0, 0.1) is 6.92 Å². The summed E-state index contributed by atoms with van der Waals surface area (Å²) in [5, 5.41) is 11.3. The van der Waals surface area contributed by atoms with Crippen molar-refractivity contribution in [2.24, 2.45) is 5.73 Å². The molecule has 0 aliphatic heterocycles. The van der Waals surface area contributed by atoms with Gasteiger partial charge in [0.1, 0.15) is 0 Å². The van der Waals surface area contributed by atoms with Gasteiger partial charge in [0.15, 0.2) is 0 Å². The second-order valence-corrected chi connectivity index (χ2v) is 5.25. The van der Waals surface area contributed by atoms with Gasteiger partial charge in [-0.05, 0) is 37.3 Å². The summed E-state index contributed by atoms with van der Waals surface area (Å²) in [5.74, 6) is 0. The summed E-state index contributed by atoms with van der Waals surface area (Å²) in [6, 6.07) is 9.48. The Morgan fingerprint density at radius 3 is 2.75 bits per heavy atom. The molecule has 0 aliphatic carbocycles. The number of nitrogens with one attached hydrogen (secondary N) is 1. The lowest BCUT2D eigenvalue weighted by molar-refractivity contribution is 0.805. The quantitative estimate of drug-likeness (QED) is 0.746. The van der Waals surface area contributed by atoms with Gasteiger partial charge in [-0.25, -0.2) is 0 Å². The first-order valence-electron chi connectivity index (χ1n) is 6.10. The van der Waals surface area contributed by atoms with Crippen molar-refractivity contribution in [3.8, 4) is 0 Å². The van der Waals surface area contributed by atoms with E-state index in [2.05, 4.69) is 31.4 Å². The van der Waals surface area contributed by atoms with Gasteiger partial charge < -0.3 is 16.8 Å². The molecule has 2 rings (SSSR count). The van der Waals surface area contributed by atoms with E-state index in [1.54, 1.807) is 0 Å². The van der Waals surface area contributed by atoms with E-state index in [-0.39, 0.29) is 0 Å². The molecular formula is C14H16BrN5. The largest absolute Gasteiger partial charge is 0.403 e. The maximum atomic E-state index is 5.97. The lowest BCUT2D eigenvalue weighted by Gasteiger charge is -2.13. The summed E-state index contributed by atoms with van der Waals surface area (Å²) in [5.41, 5.74) is 15.6. The molecule has 5 N–H and O–H groups in total. The number of anilines is 1. The van der Waals surface area contributed by atoms with E-state index >= 15 is 0 Å². The molecule has 0 saturated carbocycles. The van der Waals surface area contributed by atoms with Crippen LogP contribution >= 0.6 is 15.9 Å². The highest BCUT2D eigenvalue weighted by atomic mass is 79.9. The van der Waals surface area contributed by atoms with Crippen LogP contribution in [0.5, 0.6) is 0 Å². The Morgan fingerprint density at radius 2 is 2.10 bits per heavy atom. The van der Waals surface area contributed by atoms with Crippen molar-refractivity contribution in [3.63, 3.8) is 0 Å². The van der Waals surface area contributed by atoms with Crippen LogP contribution in [0.25, 0.3) is 5.70 Å². The SMILES string of the molecule is Cc1ccc(CN/C(=C/N)c2cc(Br)ccc2N)nn1. The fraction of sp³-hybridized carbons (Fsp3) is 0.143. The van der Waals surface area contributed by atoms with Gasteiger partial charge in [-0.1, -0.05) is 15.9 Å². The summed E-state index contributed by atoms with van der Waals surface area (Å²) in [6.07, 6.45) is 1.50. The Balaban J connectivity index is 2.14. The average Bonchev–Trinajstić information content (AvgIpc) is 2.45. The summed E-state index contributed by atoms with van der Waals surface area (Å²) in [6.45, 7) is 2.43. The zero-order valence-electron chi connectivity index (χ0n) is 11.1. The lowest BCUT2D eigenvalue weighted by atomic mass is 10.1. The highest BCUT2D eigenvalue weighted by Gasteiger charge is 2.06. The second kappa shape index (κ2) is 6.38. The number of nitrogen functional groups attached to an aromatic ring is 1. The van der Waals surface area contributed by atoms with Crippen molar-refractivity contribution in [1.82, 2.24) is 15.5 Å². The van der Waals surface area contributed by atoms with Gasteiger partial charge in [-0.15, -0.1) is 0 Å². The summed E-state index contributed by atoms with van der Waals surface area (Å²) in [4.78, 5) is 0. The third-order valence-corrected chi connectivity index (χ3v) is 3.28. The molecule has 1 heterocycles. The minimum atomic E-state index is 0.530. The predicted octanol–water partition coefficient (Wildman–Crippen LogP) is 2.18. The van der Waals surface area contributed by atoms with Gasteiger partial charge in [0.05, 0.1) is 23.6 Å². The molecule has 0 radical (unpaired) electrons. The number of halogens is 1. The molecule has 1 aromatic heterocycles. The fourth-order valence-electron chi connectivity index (χ4n) is 1.71. The molecule has 1 aromatic carbocycles. The van der Waals surface area contributed by atoms with Crippen molar-refractivity contribution in [2.75, 3.05) is 5.73 Å². The number of nitrogens with zero attached hydrogens (tertiary/aromatic N) is 2. The van der Waals surface area contributed by atoms with Gasteiger partial charge in [0, 0.05) is 21.9 Å². The Morgan fingerprint density at radius 1 is 1.30 bits per heavy atom. The Hall–Kier alpha value is -2.08. The van der Waals surface area contributed by atoms with E-state index in [0.29, 0.717) is 12.2 Å². The van der Waals surface area contributed by atoms with E-state index in [0.717, 1.165) is 27.1 Å². The molecular weight excluding hydrogens is 318 g/mol. The fourth-order valence-corrected chi connectivity index (χ4v) is 2.07. The highest BCUT2D eigenvalue weighted by Crippen LogP contribution is 2.23. The molecule has 0 saturated heterocycles. The van der Waals surface area contributed by atoms with Crippen LogP contribution in [0.1, 0.15) is 17.0 Å². The maximum Gasteiger partial charge on any atom is 0.0822 e. The zero-order valence-corrected chi connectivity index (χ0v) is 12.7. The minimum Gasteiger partial charge on any atom is -0.403 e. The number of hydrogen-bond donors (Lipinski definition) is 3. The van der Waals surface area contributed by atoms with E-state index in [1.807, 2.05) is 37.3 Å². The number of hydrogen-bond acceptors (Lipinski definition) is 5. The van der Waals surface area contributed by atoms with Gasteiger partial charge in [-0.3, -0.25) is 0 Å². The first-order valence-corrected chi connectivity index (χ1v) is 6.90. The standard InChI is InChI=1S/C14H16BrN5/c1-9-2-4-11(20-19-9)8-18-14(7-16)12-6-10(15)3-5-13(12)17/h2-7,18H,8,16-17H2,1H3/b14-7+. The molecule has 0 spiro atoms. The summed E-state index contributed by atoms with van der Waals surface area (Å²) < 4.78 is 0.943. The van der Waals surface area contributed by atoms with Crippen LogP contribution in [0.3, 0.4) is 0 Å². The summed E-state index contributed by atoms with van der Waals surface area (Å²) >= 11 is 3.42. The van der Waals surface area contributed by atoms with E-state index in [4.69, 9.17) is 11.5 Å². The number of aromatic nitrogens is 2.